The highest BCUT2D eigenvalue weighted by molar-refractivity contribution is 5.00. The number of rotatable bonds is 1. The quantitative estimate of drug-likeness (QED) is 0.712. The van der Waals surface area contributed by atoms with Crippen LogP contribution >= 0.6 is 0 Å². The van der Waals surface area contributed by atoms with Crippen LogP contribution in [0.2, 0.25) is 0 Å². The van der Waals surface area contributed by atoms with Gasteiger partial charge in [-0.15, -0.1) is 0 Å². The fourth-order valence-electron chi connectivity index (χ4n) is 3.01. The molecule has 3 aliphatic heterocycles. The standard InChI is InChI=1S/C13H22O5/c1-7-9-11(18-13(4,5)17-9)10(15-7)8-6-14-12(2,3)16-8/h7-11H,6H2,1-5H3/t7-,8?,9?,10-,11?/m1/s1. The van der Waals surface area contributed by atoms with Crippen molar-refractivity contribution in [1.82, 2.24) is 0 Å². The van der Waals surface area contributed by atoms with Crippen molar-refractivity contribution in [3.63, 3.8) is 0 Å². The van der Waals surface area contributed by atoms with Gasteiger partial charge in [0.25, 0.3) is 0 Å². The maximum Gasteiger partial charge on any atom is 0.164 e. The van der Waals surface area contributed by atoms with E-state index >= 15 is 0 Å². The summed E-state index contributed by atoms with van der Waals surface area (Å²) >= 11 is 0. The van der Waals surface area contributed by atoms with Crippen LogP contribution in [-0.4, -0.2) is 48.7 Å². The van der Waals surface area contributed by atoms with Crippen molar-refractivity contribution in [2.24, 2.45) is 0 Å². The molecule has 0 radical (unpaired) electrons. The molecule has 104 valence electrons. The van der Waals surface area contributed by atoms with Crippen LogP contribution in [0.3, 0.4) is 0 Å². The maximum absolute atomic E-state index is 5.95. The lowest BCUT2D eigenvalue weighted by molar-refractivity contribution is -0.204. The van der Waals surface area contributed by atoms with Gasteiger partial charge in [0.1, 0.15) is 24.4 Å². The summed E-state index contributed by atoms with van der Waals surface area (Å²) in [5, 5.41) is 0. The topological polar surface area (TPSA) is 46.2 Å². The zero-order chi connectivity index (χ0) is 13.1. The van der Waals surface area contributed by atoms with E-state index in [0.717, 1.165) is 0 Å². The third-order valence-electron chi connectivity index (χ3n) is 3.72. The molecule has 0 saturated carbocycles. The second-order valence-electron chi connectivity index (χ2n) is 6.24. The lowest BCUT2D eigenvalue weighted by Crippen LogP contribution is -2.40. The normalized spacial score (nSPS) is 49.5. The Morgan fingerprint density at radius 2 is 1.50 bits per heavy atom. The van der Waals surface area contributed by atoms with Gasteiger partial charge in [0, 0.05) is 0 Å². The van der Waals surface area contributed by atoms with Crippen LogP contribution in [0.4, 0.5) is 0 Å². The molecule has 0 spiro atoms. The van der Waals surface area contributed by atoms with E-state index in [2.05, 4.69) is 0 Å². The molecule has 3 unspecified atom stereocenters. The summed E-state index contributed by atoms with van der Waals surface area (Å²) < 4.78 is 29.3. The monoisotopic (exact) mass is 258 g/mol. The second-order valence-corrected chi connectivity index (χ2v) is 6.24. The zero-order valence-electron chi connectivity index (χ0n) is 11.6. The van der Waals surface area contributed by atoms with Crippen LogP contribution in [0.1, 0.15) is 34.6 Å². The van der Waals surface area contributed by atoms with Gasteiger partial charge in [0.05, 0.1) is 12.7 Å². The summed E-state index contributed by atoms with van der Waals surface area (Å²) in [6, 6.07) is 0. The smallest absolute Gasteiger partial charge is 0.164 e. The van der Waals surface area contributed by atoms with Crippen LogP contribution < -0.4 is 0 Å². The average Bonchev–Trinajstić information content (AvgIpc) is 2.81. The van der Waals surface area contributed by atoms with E-state index in [4.69, 9.17) is 23.7 Å². The summed E-state index contributed by atoms with van der Waals surface area (Å²) in [4.78, 5) is 0. The number of hydrogen-bond acceptors (Lipinski definition) is 5. The van der Waals surface area contributed by atoms with Gasteiger partial charge in [-0.1, -0.05) is 0 Å². The van der Waals surface area contributed by atoms with Crippen LogP contribution in [0.25, 0.3) is 0 Å². The van der Waals surface area contributed by atoms with Crippen LogP contribution in [0.15, 0.2) is 0 Å². The average molecular weight is 258 g/mol. The lowest BCUT2D eigenvalue weighted by atomic mass is 10.1. The fourth-order valence-corrected chi connectivity index (χ4v) is 3.01. The fraction of sp³-hybridized carbons (Fsp3) is 1.00. The summed E-state index contributed by atoms with van der Waals surface area (Å²) in [7, 11) is 0. The molecule has 5 nitrogen and oxygen atoms in total. The van der Waals surface area contributed by atoms with Gasteiger partial charge >= 0.3 is 0 Å². The molecule has 3 saturated heterocycles. The molecule has 3 aliphatic rings. The lowest BCUT2D eigenvalue weighted by Gasteiger charge is -2.26. The van der Waals surface area contributed by atoms with Crippen LogP contribution in [0, 0.1) is 0 Å². The SMILES string of the molecule is C[C@H]1O[C@H](C2COC(C)(C)O2)C2OC(C)(C)OC21. The molecule has 3 fully saturated rings. The van der Waals surface area contributed by atoms with E-state index in [0.29, 0.717) is 6.61 Å². The van der Waals surface area contributed by atoms with Gasteiger partial charge < -0.3 is 23.7 Å². The Labute approximate surface area is 108 Å². The molecule has 5 heteroatoms. The molecule has 0 aromatic carbocycles. The van der Waals surface area contributed by atoms with E-state index in [1.54, 1.807) is 0 Å². The van der Waals surface area contributed by atoms with Crippen molar-refractivity contribution in [2.45, 2.75) is 76.7 Å². The first kappa shape index (κ1) is 12.8. The molecule has 5 atom stereocenters. The molecule has 3 heterocycles. The Morgan fingerprint density at radius 1 is 0.833 bits per heavy atom. The van der Waals surface area contributed by atoms with Crippen molar-refractivity contribution in [3.05, 3.63) is 0 Å². The molecular weight excluding hydrogens is 236 g/mol. The van der Waals surface area contributed by atoms with Crippen LogP contribution in [-0.2, 0) is 23.7 Å². The van der Waals surface area contributed by atoms with Gasteiger partial charge in [-0.25, -0.2) is 0 Å². The zero-order valence-corrected chi connectivity index (χ0v) is 11.6. The minimum absolute atomic E-state index is 0.0164. The first-order valence-corrected chi connectivity index (χ1v) is 6.60. The van der Waals surface area contributed by atoms with Crippen LogP contribution in [0.5, 0.6) is 0 Å². The number of hydrogen-bond donors (Lipinski definition) is 0. The predicted octanol–water partition coefficient (Wildman–Crippen LogP) is 1.45. The minimum Gasteiger partial charge on any atom is -0.367 e. The second kappa shape index (κ2) is 3.90. The summed E-state index contributed by atoms with van der Waals surface area (Å²) in [6.07, 6.45) is -0.271. The molecule has 0 aromatic heterocycles. The van der Waals surface area contributed by atoms with Crippen molar-refractivity contribution in [3.8, 4) is 0 Å². The van der Waals surface area contributed by atoms with Gasteiger partial charge in [0.15, 0.2) is 11.6 Å². The largest absolute Gasteiger partial charge is 0.367 e. The minimum atomic E-state index is -0.541. The third kappa shape index (κ3) is 2.08. The van der Waals surface area contributed by atoms with E-state index in [9.17, 15) is 0 Å². The first-order chi connectivity index (χ1) is 8.27. The van der Waals surface area contributed by atoms with Crippen molar-refractivity contribution in [2.75, 3.05) is 6.61 Å². The van der Waals surface area contributed by atoms with E-state index < -0.39 is 11.6 Å². The molecule has 0 N–H and O–H groups in total. The highest BCUT2D eigenvalue weighted by atomic mass is 16.8. The predicted molar refractivity (Wildman–Crippen MR) is 63.1 cm³/mol. The van der Waals surface area contributed by atoms with Crippen molar-refractivity contribution < 1.29 is 23.7 Å². The number of ether oxygens (including phenoxy) is 5. The van der Waals surface area contributed by atoms with E-state index in [1.807, 2.05) is 34.6 Å². The van der Waals surface area contributed by atoms with Gasteiger partial charge in [-0.3, -0.25) is 0 Å². The van der Waals surface area contributed by atoms with Crippen molar-refractivity contribution in [1.29, 1.82) is 0 Å². The highest BCUT2D eigenvalue weighted by Gasteiger charge is 2.57. The Balaban J connectivity index is 1.75. The first-order valence-electron chi connectivity index (χ1n) is 6.60. The summed E-state index contributed by atoms with van der Waals surface area (Å²) in [5.41, 5.74) is 0. The Hall–Kier alpha value is -0.200. The molecule has 0 bridgehead atoms. The van der Waals surface area contributed by atoms with Gasteiger partial charge in [-0.05, 0) is 34.6 Å². The molecule has 0 amide bonds. The van der Waals surface area contributed by atoms with E-state index in [-0.39, 0.29) is 30.5 Å². The number of fused-ring (bicyclic) bond motifs is 1. The highest BCUT2D eigenvalue weighted by Crippen LogP contribution is 2.41. The van der Waals surface area contributed by atoms with Crippen molar-refractivity contribution >= 4 is 0 Å². The summed E-state index contributed by atoms with van der Waals surface area (Å²) in [6.45, 7) is 10.3. The van der Waals surface area contributed by atoms with E-state index in [1.165, 1.54) is 0 Å². The van der Waals surface area contributed by atoms with Gasteiger partial charge in [-0.2, -0.15) is 0 Å². The molecule has 3 rings (SSSR count). The third-order valence-corrected chi connectivity index (χ3v) is 3.72. The Morgan fingerprint density at radius 3 is 2.11 bits per heavy atom. The Kier molecular flexibility index (Phi) is 2.78. The molecular formula is C13H22O5. The molecule has 18 heavy (non-hydrogen) atoms. The maximum atomic E-state index is 5.95. The summed E-state index contributed by atoms with van der Waals surface area (Å²) in [5.74, 6) is -1.08. The Bertz CT molecular complexity index is 340. The molecule has 0 aromatic rings. The molecule has 0 aliphatic carbocycles. The van der Waals surface area contributed by atoms with Gasteiger partial charge in [0.2, 0.25) is 0 Å².